The summed E-state index contributed by atoms with van der Waals surface area (Å²) in [6.45, 7) is 0. The molecule has 0 aliphatic heterocycles. The summed E-state index contributed by atoms with van der Waals surface area (Å²) in [4.78, 5) is 0. The van der Waals surface area contributed by atoms with Crippen molar-refractivity contribution in [3.63, 3.8) is 0 Å². The zero-order valence-electron chi connectivity index (χ0n) is 5.45. The van der Waals surface area contributed by atoms with Crippen LogP contribution in [0, 0.1) is 0 Å². The molecule has 0 amide bonds. The van der Waals surface area contributed by atoms with E-state index in [2.05, 4.69) is 0 Å². The first kappa shape index (κ1) is 12.2. The Morgan fingerprint density at radius 2 is 1.44 bits per heavy atom. The average molecular weight is 287 g/mol. The van der Waals surface area contributed by atoms with Crippen molar-refractivity contribution in [3.05, 3.63) is 30.6 Å². The van der Waals surface area contributed by atoms with E-state index in [1.807, 2.05) is 42.2 Å². The molecule has 0 radical (unpaired) electrons. The largest absolute Gasteiger partial charge is 0.208 e. The molecule has 0 spiro atoms. The molecule has 0 saturated carbocycles. The fraction of sp³-hybridized carbons (Fsp3) is 0.167. The van der Waals surface area contributed by atoms with Gasteiger partial charge in [-0.05, 0) is 0 Å². The molecule has 0 N–H and O–H groups in total. The average Bonchev–Trinajstić information content (AvgIpc) is 1.69. The number of halogens is 1. The SMILES string of the molecule is C[n+]1ccccc1.I.[Zn]. The van der Waals surface area contributed by atoms with Crippen molar-refractivity contribution >= 4 is 24.0 Å². The summed E-state index contributed by atoms with van der Waals surface area (Å²) in [6.07, 6.45) is 4.00. The van der Waals surface area contributed by atoms with E-state index in [0.717, 1.165) is 0 Å². The van der Waals surface area contributed by atoms with Crippen molar-refractivity contribution in [2.45, 2.75) is 0 Å². The Bertz CT molecular complexity index is 143. The van der Waals surface area contributed by atoms with Crippen LogP contribution in [0.4, 0.5) is 0 Å². The maximum absolute atomic E-state index is 2.00. The van der Waals surface area contributed by atoms with Gasteiger partial charge in [-0.25, -0.2) is 4.57 Å². The second kappa shape index (κ2) is 6.62. The quantitative estimate of drug-likeness (QED) is 0.383. The van der Waals surface area contributed by atoms with Gasteiger partial charge >= 0.3 is 0 Å². The molecule has 1 rings (SSSR count). The van der Waals surface area contributed by atoms with E-state index >= 15 is 0 Å². The second-order valence-electron chi connectivity index (χ2n) is 1.54. The molecule has 0 bridgehead atoms. The number of aromatic nitrogens is 1. The third-order valence-electron chi connectivity index (χ3n) is 0.865. The maximum atomic E-state index is 2.00. The number of hydrogen-bond donors (Lipinski definition) is 0. The first-order valence-corrected chi connectivity index (χ1v) is 2.30. The van der Waals surface area contributed by atoms with Crippen LogP contribution in [-0.4, -0.2) is 0 Å². The topological polar surface area (TPSA) is 3.88 Å². The van der Waals surface area contributed by atoms with Crippen molar-refractivity contribution in [2.24, 2.45) is 7.05 Å². The summed E-state index contributed by atoms with van der Waals surface area (Å²) in [5, 5.41) is 0. The molecule has 1 heterocycles. The Morgan fingerprint density at radius 3 is 1.67 bits per heavy atom. The first-order valence-electron chi connectivity index (χ1n) is 2.30. The number of hydrogen-bond acceptors (Lipinski definition) is 0. The van der Waals surface area contributed by atoms with E-state index in [0.29, 0.717) is 0 Å². The zero-order chi connectivity index (χ0) is 5.11. The minimum absolute atomic E-state index is 0. The standard InChI is InChI=1S/C6H8N.HI.Zn/c1-7-5-3-2-4-6-7;;/h2-6H,1H3;1H;/q+1;;. The molecule has 3 heteroatoms. The van der Waals surface area contributed by atoms with E-state index in [1.165, 1.54) is 0 Å². The summed E-state index contributed by atoms with van der Waals surface area (Å²) in [5.74, 6) is 0. The number of nitrogens with zero attached hydrogens (tertiary/aromatic N) is 1. The molecule has 1 nitrogen and oxygen atoms in total. The van der Waals surface area contributed by atoms with Gasteiger partial charge in [-0.15, -0.1) is 24.0 Å². The molecule has 0 atom stereocenters. The van der Waals surface area contributed by atoms with E-state index in [1.54, 1.807) is 0 Å². The molecule has 0 aromatic carbocycles. The van der Waals surface area contributed by atoms with Gasteiger partial charge in [0.15, 0.2) is 12.4 Å². The Balaban J connectivity index is 0. The predicted octanol–water partition coefficient (Wildman–Crippen LogP) is 1.13. The summed E-state index contributed by atoms with van der Waals surface area (Å²) >= 11 is 0. The normalized spacial score (nSPS) is 6.78. The first-order chi connectivity index (χ1) is 3.39. The molecule has 1 aromatic heterocycles. The van der Waals surface area contributed by atoms with Gasteiger partial charge in [0, 0.05) is 31.6 Å². The smallest absolute Gasteiger partial charge is 0.168 e. The van der Waals surface area contributed by atoms with E-state index in [-0.39, 0.29) is 43.5 Å². The molecular formula is C6H9INZn+. The van der Waals surface area contributed by atoms with Crippen LogP contribution in [0.5, 0.6) is 0 Å². The van der Waals surface area contributed by atoms with Crippen LogP contribution < -0.4 is 4.57 Å². The van der Waals surface area contributed by atoms with E-state index in [4.69, 9.17) is 0 Å². The van der Waals surface area contributed by atoms with Gasteiger partial charge in [0.25, 0.3) is 0 Å². The Labute approximate surface area is 85.3 Å². The van der Waals surface area contributed by atoms with Crippen LogP contribution in [0.1, 0.15) is 0 Å². The number of rotatable bonds is 0. The van der Waals surface area contributed by atoms with Crippen LogP contribution >= 0.6 is 24.0 Å². The van der Waals surface area contributed by atoms with E-state index in [9.17, 15) is 0 Å². The van der Waals surface area contributed by atoms with Gasteiger partial charge in [-0.3, -0.25) is 0 Å². The fourth-order valence-corrected chi connectivity index (χ4v) is 0.485. The third-order valence-corrected chi connectivity index (χ3v) is 0.865. The minimum atomic E-state index is 0. The van der Waals surface area contributed by atoms with Crippen LogP contribution in [0.15, 0.2) is 30.6 Å². The summed E-state index contributed by atoms with van der Waals surface area (Å²) in [6, 6.07) is 6.00. The van der Waals surface area contributed by atoms with Gasteiger partial charge in [-0.2, -0.15) is 0 Å². The fourth-order valence-electron chi connectivity index (χ4n) is 0.485. The molecule has 0 aliphatic carbocycles. The molecule has 0 saturated heterocycles. The molecule has 0 aliphatic rings. The second-order valence-corrected chi connectivity index (χ2v) is 1.54. The third kappa shape index (κ3) is 4.97. The number of aryl methyl sites for hydroxylation is 1. The van der Waals surface area contributed by atoms with Crippen molar-refractivity contribution in [2.75, 3.05) is 0 Å². The van der Waals surface area contributed by atoms with Crippen molar-refractivity contribution < 1.29 is 24.0 Å². The van der Waals surface area contributed by atoms with E-state index < -0.39 is 0 Å². The van der Waals surface area contributed by atoms with Crippen LogP contribution in [0.25, 0.3) is 0 Å². The summed E-state index contributed by atoms with van der Waals surface area (Å²) < 4.78 is 2.00. The number of pyridine rings is 1. The molecule has 0 unspecified atom stereocenters. The Hall–Kier alpha value is 0.503. The van der Waals surface area contributed by atoms with Crippen LogP contribution in [0.2, 0.25) is 0 Å². The molecule has 1 aromatic rings. The predicted molar refractivity (Wildman–Crippen MR) is 43.0 cm³/mol. The summed E-state index contributed by atoms with van der Waals surface area (Å²) in [7, 11) is 2.00. The van der Waals surface area contributed by atoms with Crippen molar-refractivity contribution in [1.82, 2.24) is 0 Å². The van der Waals surface area contributed by atoms with Gasteiger partial charge in [0.2, 0.25) is 0 Å². The molecular weight excluding hydrogens is 278 g/mol. The monoisotopic (exact) mass is 286 g/mol. The van der Waals surface area contributed by atoms with Crippen LogP contribution in [0.3, 0.4) is 0 Å². The molecule has 46 valence electrons. The van der Waals surface area contributed by atoms with Gasteiger partial charge in [0.05, 0.1) is 0 Å². The van der Waals surface area contributed by atoms with Gasteiger partial charge in [-0.1, -0.05) is 6.07 Å². The Kier molecular flexibility index (Phi) is 8.98. The van der Waals surface area contributed by atoms with Crippen molar-refractivity contribution in [3.8, 4) is 0 Å². The minimum Gasteiger partial charge on any atom is -0.208 e. The zero-order valence-corrected chi connectivity index (χ0v) is 10.7. The van der Waals surface area contributed by atoms with Crippen molar-refractivity contribution in [1.29, 1.82) is 0 Å². The van der Waals surface area contributed by atoms with Crippen LogP contribution in [-0.2, 0) is 26.5 Å². The van der Waals surface area contributed by atoms with Gasteiger partial charge in [0.1, 0.15) is 7.05 Å². The Morgan fingerprint density at radius 1 is 1.00 bits per heavy atom. The summed E-state index contributed by atoms with van der Waals surface area (Å²) in [5.41, 5.74) is 0. The maximum Gasteiger partial charge on any atom is 0.168 e. The van der Waals surface area contributed by atoms with Gasteiger partial charge < -0.3 is 0 Å². The molecule has 9 heavy (non-hydrogen) atoms. The molecule has 0 fully saturated rings.